The number of nitrogens with zero attached hydrogens (tertiary/aromatic N) is 4. The van der Waals surface area contributed by atoms with E-state index in [1.165, 1.54) is 0 Å². The van der Waals surface area contributed by atoms with E-state index < -0.39 is 44.5 Å². The van der Waals surface area contributed by atoms with Crippen molar-refractivity contribution in [1.29, 1.82) is 0 Å². The van der Waals surface area contributed by atoms with Crippen molar-refractivity contribution in [2.45, 2.75) is 0 Å². The third-order valence-electron chi connectivity index (χ3n) is 2.65. The van der Waals surface area contributed by atoms with E-state index in [0.717, 1.165) is 24.5 Å². The van der Waals surface area contributed by atoms with E-state index in [0.29, 0.717) is 12.1 Å². The second-order valence-electron chi connectivity index (χ2n) is 4.28. The van der Waals surface area contributed by atoms with E-state index in [1.54, 1.807) is 0 Å². The van der Waals surface area contributed by atoms with Crippen molar-refractivity contribution in [3.8, 4) is 0 Å². The van der Waals surface area contributed by atoms with E-state index in [2.05, 4.69) is 0 Å². The summed E-state index contributed by atoms with van der Waals surface area (Å²) >= 11 is 0. The monoisotopic (exact) mass is 495 g/mol. The van der Waals surface area contributed by atoms with Crippen molar-refractivity contribution in [1.82, 2.24) is 0 Å². The summed E-state index contributed by atoms with van der Waals surface area (Å²) in [5.41, 5.74) is -2.50. The van der Waals surface area contributed by atoms with Gasteiger partial charge in [0, 0.05) is 0 Å². The number of aromatic carboxylic acids is 2. The van der Waals surface area contributed by atoms with E-state index >= 15 is 0 Å². The van der Waals surface area contributed by atoms with Crippen molar-refractivity contribution in [3.05, 3.63) is 78.7 Å². The molecular weight excluding hydrogens is 479 g/mol. The molecule has 2 aromatic heterocycles. The Hall–Kier alpha value is -4.00. The van der Waals surface area contributed by atoms with Crippen LogP contribution >= 0.6 is 0 Å². The SMILES string of the molecule is O.O.O=C([O-])c1cc([N+](=O)[O-])cc[n+]1[O-].O=C([O-])c1cc([N+](=O)[O-])cc[n+]1[O-].[Mn+2].[OH3+].[OH3+]. The first-order valence-corrected chi connectivity index (χ1v) is 6.22. The number of aromatic nitrogens is 2. The van der Waals surface area contributed by atoms with Crippen LogP contribution in [-0.4, -0.2) is 32.7 Å². The Morgan fingerprint density at radius 1 is 0.742 bits per heavy atom. The zero-order chi connectivity index (χ0) is 20.0. The van der Waals surface area contributed by atoms with Crippen LogP contribution in [0.25, 0.3) is 0 Å². The van der Waals surface area contributed by atoms with Gasteiger partial charge in [0.1, 0.15) is 11.9 Å². The van der Waals surface area contributed by atoms with Gasteiger partial charge in [-0.15, -0.1) is 0 Å². The molecule has 0 unspecified atom stereocenters. The standard InChI is InChI=1S/2C6H4N2O5.Mn.4H2O/c2*9-6(10)5-3-4(8(12)13)1-2-7(5)11;;;;;/h2*1-3H,(H,9,10);;4*1H2/q;;+2;;;;. The predicted molar refractivity (Wildman–Crippen MR) is 89.7 cm³/mol. The first-order valence-electron chi connectivity index (χ1n) is 6.22. The topological polar surface area (TPSA) is 349 Å². The van der Waals surface area contributed by atoms with Gasteiger partial charge in [-0.05, 0) is 0 Å². The molecule has 2 rings (SSSR count). The Balaban J connectivity index is -0.000000125. The van der Waals surface area contributed by atoms with Crippen molar-refractivity contribution >= 4 is 23.3 Å². The van der Waals surface area contributed by atoms with Crippen LogP contribution < -0.4 is 19.7 Å². The van der Waals surface area contributed by atoms with E-state index in [4.69, 9.17) is 0 Å². The molecule has 0 fully saturated rings. The smallest absolute Gasteiger partial charge is 0.618 e. The average molecular weight is 495 g/mol. The first-order chi connectivity index (χ1) is 12.0. The molecule has 10 N–H and O–H groups in total. The molecule has 2 aromatic rings. The molecule has 18 nitrogen and oxygen atoms in total. The predicted octanol–water partition coefficient (Wildman–Crippen LogP) is -6.31. The third kappa shape index (κ3) is 10.4. The molecular formula is C12H16MnN4O14+2. The molecule has 0 aliphatic carbocycles. The molecule has 0 spiro atoms. The summed E-state index contributed by atoms with van der Waals surface area (Å²) in [5.74, 6) is -3.50. The molecule has 0 aliphatic heterocycles. The summed E-state index contributed by atoms with van der Waals surface area (Å²) < 4.78 is -0.0231. The average Bonchev–Trinajstić information content (AvgIpc) is 2.55. The molecule has 0 saturated heterocycles. The number of carbonyl (C=O) groups is 2. The molecule has 0 aromatic carbocycles. The summed E-state index contributed by atoms with van der Waals surface area (Å²) in [6.45, 7) is 0. The maximum absolute atomic E-state index is 10.7. The maximum atomic E-state index is 10.7. The van der Waals surface area contributed by atoms with Gasteiger partial charge >= 0.3 is 17.1 Å². The zero-order valence-electron chi connectivity index (χ0n) is 14.9. The van der Waals surface area contributed by atoms with E-state index in [9.17, 15) is 50.4 Å². The van der Waals surface area contributed by atoms with Crippen LogP contribution in [0.3, 0.4) is 0 Å². The Bertz CT molecular complexity index is 835. The molecule has 0 atom stereocenters. The quantitative estimate of drug-likeness (QED) is 0.0963. The molecule has 0 bridgehead atoms. The van der Waals surface area contributed by atoms with Crippen LogP contribution in [0.1, 0.15) is 21.0 Å². The number of carboxylic acids is 2. The molecule has 19 heteroatoms. The number of carboxylic acid groups (broad SMARTS) is 2. The van der Waals surface area contributed by atoms with Gasteiger partial charge in [0.05, 0.1) is 34.1 Å². The minimum atomic E-state index is -1.75. The van der Waals surface area contributed by atoms with Crippen molar-refractivity contribution in [2.75, 3.05) is 0 Å². The molecule has 173 valence electrons. The second-order valence-corrected chi connectivity index (χ2v) is 4.28. The Labute approximate surface area is 180 Å². The number of hydrogen-bond donors (Lipinski definition) is 0. The van der Waals surface area contributed by atoms with Gasteiger partial charge in [-0.2, -0.15) is 9.46 Å². The molecule has 0 amide bonds. The van der Waals surface area contributed by atoms with Gasteiger partial charge in [-0.3, -0.25) is 20.2 Å². The van der Waals surface area contributed by atoms with Gasteiger partial charge in [0.2, 0.25) is 11.4 Å². The number of hydrogen-bond acceptors (Lipinski definition) is 10. The largest absolute Gasteiger partial charge is 2.00 e. The number of rotatable bonds is 4. The normalized spacial score (nSPS) is 8.00. The van der Waals surface area contributed by atoms with Crippen LogP contribution in [-0.2, 0) is 28.0 Å². The fourth-order valence-electron chi connectivity index (χ4n) is 1.48. The summed E-state index contributed by atoms with van der Waals surface area (Å²) in [6, 6.07) is 3.09. The number of nitro groups is 2. The molecule has 2 heterocycles. The molecule has 31 heavy (non-hydrogen) atoms. The Morgan fingerprint density at radius 3 is 1.19 bits per heavy atom. The maximum Gasteiger partial charge on any atom is 2.00 e. The van der Waals surface area contributed by atoms with Crippen molar-refractivity contribution in [2.24, 2.45) is 0 Å². The fourth-order valence-corrected chi connectivity index (χ4v) is 1.48. The van der Waals surface area contributed by atoms with Gasteiger partial charge in [-0.25, -0.2) is 0 Å². The minimum Gasteiger partial charge on any atom is -0.618 e. The summed E-state index contributed by atoms with van der Waals surface area (Å²) in [5, 5.41) is 62.2. The number of carbonyl (C=O) groups excluding carboxylic acids is 2. The van der Waals surface area contributed by atoms with E-state index in [1.807, 2.05) is 0 Å². The fraction of sp³-hybridized carbons (Fsp3) is 0. The van der Waals surface area contributed by atoms with Crippen LogP contribution in [0, 0.1) is 30.6 Å². The van der Waals surface area contributed by atoms with Gasteiger partial charge < -0.3 is 52.1 Å². The van der Waals surface area contributed by atoms with Crippen molar-refractivity contribution in [3.63, 3.8) is 0 Å². The van der Waals surface area contributed by atoms with Gasteiger partial charge in [-0.1, -0.05) is 0 Å². The minimum absolute atomic E-state index is 0. The summed E-state index contributed by atoms with van der Waals surface area (Å²) in [4.78, 5) is 39.2. The van der Waals surface area contributed by atoms with Gasteiger partial charge in [0.15, 0.2) is 12.4 Å². The van der Waals surface area contributed by atoms with E-state index in [-0.39, 0.29) is 48.4 Å². The van der Waals surface area contributed by atoms with Crippen LogP contribution in [0.4, 0.5) is 11.4 Å². The molecule has 1 radical (unpaired) electrons. The molecule has 0 aliphatic rings. The van der Waals surface area contributed by atoms with Crippen LogP contribution in [0.5, 0.6) is 0 Å². The Morgan fingerprint density at radius 2 is 1.00 bits per heavy atom. The van der Waals surface area contributed by atoms with Gasteiger partial charge in [0.25, 0.3) is 11.4 Å². The first kappa shape index (κ1) is 37.7. The zero-order valence-corrected chi connectivity index (χ0v) is 16.0. The summed E-state index contributed by atoms with van der Waals surface area (Å²) in [7, 11) is 0. The second kappa shape index (κ2) is 15.9. The third-order valence-corrected chi connectivity index (χ3v) is 2.65. The molecule has 0 saturated carbocycles. The van der Waals surface area contributed by atoms with Crippen molar-refractivity contribution < 1.29 is 78.1 Å². The van der Waals surface area contributed by atoms with Crippen LogP contribution in [0.2, 0.25) is 0 Å². The van der Waals surface area contributed by atoms with Crippen LogP contribution in [0.15, 0.2) is 36.7 Å². The Kier molecular flexibility index (Phi) is 19.3. The number of pyridine rings is 2. The summed E-state index contributed by atoms with van der Waals surface area (Å²) in [6.07, 6.45) is 1.48.